The van der Waals surface area contributed by atoms with Crippen molar-refractivity contribution in [2.45, 2.75) is 76.4 Å². The highest BCUT2D eigenvalue weighted by molar-refractivity contribution is 5.49. The molecule has 1 aliphatic heterocycles. The second kappa shape index (κ2) is 7.61. The van der Waals surface area contributed by atoms with E-state index in [1.54, 1.807) is 0 Å². The van der Waals surface area contributed by atoms with Gasteiger partial charge in [-0.25, -0.2) is 9.50 Å². The van der Waals surface area contributed by atoms with Crippen molar-refractivity contribution in [2.24, 2.45) is 5.92 Å². The molecule has 5 nitrogen and oxygen atoms in total. The van der Waals surface area contributed by atoms with E-state index in [0.717, 1.165) is 48.5 Å². The van der Waals surface area contributed by atoms with Gasteiger partial charge in [0.25, 0.3) is 0 Å². The fourth-order valence-corrected chi connectivity index (χ4v) is 5.04. The van der Waals surface area contributed by atoms with Gasteiger partial charge in [-0.15, -0.1) is 0 Å². The predicted octanol–water partition coefficient (Wildman–Crippen LogP) is 4.60. The fourth-order valence-electron chi connectivity index (χ4n) is 5.04. The lowest BCUT2D eigenvalue weighted by molar-refractivity contribution is -0.182. The molecule has 2 aromatic heterocycles. The largest absolute Gasteiger partial charge is 0.391 e. The third-order valence-corrected chi connectivity index (χ3v) is 6.76. The van der Waals surface area contributed by atoms with Gasteiger partial charge < -0.3 is 4.90 Å². The zero-order chi connectivity index (χ0) is 20.8. The Morgan fingerprint density at radius 2 is 1.86 bits per heavy atom. The number of hydrogen-bond donors (Lipinski definition) is 0. The normalized spacial score (nSPS) is 28.7. The van der Waals surface area contributed by atoms with Crippen molar-refractivity contribution in [3.05, 3.63) is 29.2 Å². The average Bonchev–Trinajstić information content (AvgIpc) is 3.11. The van der Waals surface area contributed by atoms with Gasteiger partial charge in [-0.1, -0.05) is 0 Å². The average molecular weight is 408 g/mol. The van der Waals surface area contributed by atoms with Crippen LogP contribution in [0.3, 0.4) is 0 Å². The first-order valence-electron chi connectivity index (χ1n) is 10.4. The lowest BCUT2D eigenvalue weighted by Crippen LogP contribution is -2.41. The summed E-state index contributed by atoms with van der Waals surface area (Å²) in [6.07, 6.45) is 0.0436. The maximum absolute atomic E-state index is 13.0. The number of piperidine rings is 1. The lowest BCUT2D eigenvalue weighted by atomic mass is 9.80. The molecule has 29 heavy (non-hydrogen) atoms. The third-order valence-electron chi connectivity index (χ3n) is 6.76. The fraction of sp³-hybridized carbons (Fsp3) is 0.667. The smallest absolute Gasteiger partial charge is 0.342 e. The van der Waals surface area contributed by atoms with Crippen molar-refractivity contribution in [1.29, 1.82) is 0 Å². The monoisotopic (exact) mass is 408 g/mol. The first-order chi connectivity index (χ1) is 13.8. The number of alkyl halides is 3. The lowest BCUT2D eigenvalue weighted by Gasteiger charge is -2.37. The van der Waals surface area contributed by atoms with Crippen LogP contribution in [0.5, 0.6) is 0 Å². The van der Waals surface area contributed by atoms with Crippen LogP contribution >= 0.6 is 0 Å². The standard InChI is InChI=1S/C21H27F3N4O/c1-13-10-19(17-4-3-9-27(12-29)14(17)2)28-20(25-13)11-18(26-28)15-5-7-16(8-6-15)21(22,23)24/h10-12,14-17H,3-9H2,1-2H3/t14-,15-,16-,17+/m1/s1. The van der Waals surface area contributed by atoms with Gasteiger partial charge in [0.1, 0.15) is 0 Å². The van der Waals surface area contributed by atoms with E-state index in [0.29, 0.717) is 12.8 Å². The number of carbonyl (C=O) groups excluding carboxylic acids is 1. The van der Waals surface area contributed by atoms with Crippen LogP contribution < -0.4 is 0 Å². The van der Waals surface area contributed by atoms with Crippen LogP contribution in [-0.4, -0.2) is 44.7 Å². The topological polar surface area (TPSA) is 50.5 Å². The highest BCUT2D eigenvalue weighted by atomic mass is 19.4. The molecular formula is C21H27F3N4O. The Balaban J connectivity index is 1.63. The number of fused-ring (bicyclic) bond motifs is 1. The number of rotatable bonds is 3. The van der Waals surface area contributed by atoms with Gasteiger partial charge in [-0.3, -0.25) is 4.79 Å². The second-order valence-corrected chi connectivity index (χ2v) is 8.58. The summed E-state index contributed by atoms with van der Waals surface area (Å²) in [5, 5.41) is 4.79. The zero-order valence-electron chi connectivity index (χ0n) is 16.8. The predicted molar refractivity (Wildman–Crippen MR) is 103 cm³/mol. The van der Waals surface area contributed by atoms with Gasteiger partial charge in [0.05, 0.1) is 17.3 Å². The molecule has 158 valence electrons. The van der Waals surface area contributed by atoms with E-state index < -0.39 is 12.1 Å². The quantitative estimate of drug-likeness (QED) is 0.698. The number of carbonyl (C=O) groups is 1. The molecule has 2 fully saturated rings. The third kappa shape index (κ3) is 3.85. The van der Waals surface area contributed by atoms with E-state index in [4.69, 9.17) is 5.10 Å². The molecule has 0 radical (unpaired) electrons. The molecular weight excluding hydrogens is 381 g/mol. The molecule has 0 N–H and O–H groups in total. The van der Waals surface area contributed by atoms with Crippen molar-refractivity contribution in [2.75, 3.05) is 6.54 Å². The van der Waals surface area contributed by atoms with Gasteiger partial charge >= 0.3 is 6.18 Å². The Labute approximate surface area is 168 Å². The number of aryl methyl sites for hydroxylation is 1. The van der Waals surface area contributed by atoms with Crippen LogP contribution in [0, 0.1) is 12.8 Å². The highest BCUT2D eigenvalue weighted by Gasteiger charge is 2.42. The van der Waals surface area contributed by atoms with Crippen molar-refractivity contribution < 1.29 is 18.0 Å². The van der Waals surface area contributed by atoms with Gasteiger partial charge in [-0.2, -0.15) is 18.3 Å². The van der Waals surface area contributed by atoms with E-state index in [1.165, 1.54) is 0 Å². The maximum atomic E-state index is 13.0. The van der Waals surface area contributed by atoms with Crippen LogP contribution in [0.15, 0.2) is 12.1 Å². The van der Waals surface area contributed by atoms with Crippen LogP contribution in [0.2, 0.25) is 0 Å². The highest BCUT2D eigenvalue weighted by Crippen LogP contribution is 2.43. The van der Waals surface area contributed by atoms with E-state index in [1.807, 2.05) is 28.5 Å². The molecule has 0 unspecified atom stereocenters. The van der Waals surface area contributed by atoms with Crippen molar-refractivity contribution in [3.8, 4) is 0 Å². The number of likely N-dealkylation sites (tertiary alicyclic amines) is 1. The Hall–Kier alpha value is -2.12. The Kier molecular flexibility index (Phi) is 5.29. The van der Waals surface area contributed by atoms with E-state index >= 15 is 0 Å². The molecule has 2 aliphatic rings. The molecule has 1 saturated heterocycles. The number of hydrogen-bond acceptors (Lipinski definition) is 3. The summed E-state index contributed by atoms with van der Waals surface area (Å²) in [5.41, 5.74) is 3.49. The minimum Gasteiger partial charge on any atom is -0.342 e. The van der Waals surface area contributed by atoms with Crippen LogP contribution in [0.4, 0.5) is 13.2 Å². The Morgan fingerprint density at radius 3 is 2.52 bits per heavy atom. The first-order valence-corrected chi connectivity index (χ1v) is 10.4. The van der Waals surface area contributed by atoms with Crippen molar-refractivity contribution >= 4 is 12.1 Å². The number of amides is 1. The van der Waals surface area contributed by atoms with Gasteiger partial charge in [0.2, 0.25) is 6.41 Å². The SMILES string of the molecule is Cc1cc([C@H]2CCCN(C=O)[C@@H]2C)n2nc([C@H]3CC[C@H](C(F)(F)F)CC3)cc2n1. The first kappa shape index (κ1) is 20.2. The zero-order valence-corrected chi connectivity index (χ0v) is 16.8. The minimum atomic E-state index is -4.10. The molecule has 4 rings (SSSR count). The minimum absolute atomic E-state index is 0.0405. The maximum Gasteiger partial charge on any atom is 0.391 e. The molecule has 0 bridgehead atoms. The van der Waals surface area contributed by atoms with E-state index in [2.05, 4.69) is 11.9 Å². The number of aromatic nitrogens is 3. The summed E-state index contributed by atoms with van der Waals surface area (Å²) < 4.78 is 40.8. The molecule has 3 heterocycles. The summed E-state index contributed by atoms with van der Waals surface area (Å²) in [4.78, 5) is 17.8. The van der Waals surface area contributed by atoms with Crippen molar-refractivity contribution in [3.63, 3.8) is 0 Å². The molecule has 1 amide bonds. The van der Waals surface area contributed by atoms with Crippen LogP contribution in [0.1, 0.15) is 74.4 Å². The Bertz CT molecular complexity index is 886. The summed E-state index contributed by atoms with van der Waals surface area (Å²) in [6.45, 7) is 4.76. The van der Waals surface area contributed by atoms with Gasteiger partial charge in [0.15, 0.2) is 5.65 Å². The number of halogens is 3. The second-order valence-electron chi connectivity index (χ2n) is 8.58. The van der Waals surface area contributed by atoms with Gasteiger partial charge in [0, 0.05) is 36.2 Å². The summed E-state index contributed by atoms with van der Waals surface area (Å²) in [5.74, 6) is -0.991. The molecule has 1 saturated carbocycles. The van der Waals surface area contributed by atoms with Crippen molar-refractivity contribution in [1.82, 2.24) is 19.5 Å². The Morgan fingerprint density at radius 1 is 1.14 bits per heavy atom. The van der Waals surface area contributed by atoms with E-state index in [9.17, 15) is 18.0 Å². The van der Waals surface area contributed by atoms with E-state index in [-0.39, 0.29) is 30.7 Å². The molecule has 0 spiro atoms. The number of nitrogens with zero attached hydrogens (tertiary/aromatic N) is 4. The van der Waals surface area contributed by atoms with Crippen LogP contribution in [-0.2, 0) is 4.79 Å². The summed E-state index contributed by atoms with van der Waals surface area (Å²) in [7, 11) is 0. The van der Waals surface area contributed by atoms with Crippen LogP contribution in [0.25, 0.3) is 5.65 Å². The molecule has 8 heteroatoms. The molecule has 2 aromatic rings. The van der Waals surface area contributed by atoms with Gasteiger partial charge in [-0.05, 0) is 58.4 Å². The summed E-state index contributed by atoms with van der Waals surface area (Å²) in [6, 6.07) is 4.03. The molecule has 1 aliphatic carbocycles. The molecule has 2 atom stereocenters. The molecule has 0 aromatic carbocycles. The summed E-state index contributed by atoms with van der Waals surface area (Å²) >= 11 is 0.